The van der Waals surface area contributed by atoms with Crippen molar-refractivity contribution in [2.75, 3.05) is 6.61 Å². The molecule has 1 aliphatic heterocycles. The van der Waals surface area contributed by atoms with Crippen molar-refractivity contribution < 1.29 is 4.74 Å². The summed E-state index contributed by atoms with van der Waals surface area (Å²) >= 11 is 0. The molecular weight excluding hydrogens is 236 g/mol. The van der Waals surface area contributed by atoms with Crippen LogP contribution in [0.2, 0.25) is 0 Å². The van der Waals surface area contributed by atoms with Gasteiger partial charge in [0.2, 0.25) is 0 Å². The number of nitrogens with one attached hydrogen (secondary N) is 1. The predicted molar refractivity (Wildman–Crippen MR) is 77.3 cm³/mol. The van der Waals surface area contributed by atoms with E-state index < -0.39 is 0 Å². The monoisotopic (exact) mass is 262 g/mol. The van der Waals surface area contributed by atoms with E-state index in [2.05, 4.69) is 36.7 Å². The van der Waals surface area contributed by atoms with Crippen molar-refractivity contribution in [3.63, 3.8) is 0 Å². The van der Waals surface area contributed by atoms with Gasteiger partial charge in [-0.2, -0.15) is 0 Å². The van der Waals surface area contributed by atoms with Gasteiger partial charge in [0.1, 0.15) is 0 Å². The Morgan fingerprint density at radius 2 is 2.11 bits per heavy atom. The Bertz CT molecular complexity index is 448. The normalized spacial score (nSPS) is 27.1. The largest absolute Gasteiger partial charge is 0.376 e. The lowest BCUT2D eigenvalue weighted by atomic mass is 10.1. The first-order chi connectivity index (χ1) is 9.20. The maximum atomic E-state index is 5.89. The van der Waals surface area contributed by atoms with E-state index in [0.29, 0.717) is 12.1 Å². The van der Waals surface area contributed by atoms with E-state index in [1.54, 1.807) is 0 Å². The summed E-state index contributed by atoms with van der Waals surface area (Å²) in [5, 5.41) is 3.74. The Morgan fingerprint density at radius 1 is 1.32 bits per heavy atom. The lowest BCUT2D eigenvalue weighted by Crippen LogP contribution is -2.37. The molecule has 2 aliphatic rings. The Hall–Kier alpha value is -0.800. The fourth-order valence-electron chi connectivity index (χ4n) is 3.50. The number of aromatic nitrogens is 1. The highest BCUT2D eigenvalue weighted by atomic mass is 16.5. The van der Waals surface area contributed by atoms with Gasteiger partial charge in [0, 0.05) is 37.1 Å². The molecule has 2 heterocycles. The molecule has 1 aromatic heterocycles. The standard InChI is InChI=1S/C16H26N2O/c1-4-18-11(2)9-14(12(18)3)10-17-15-7-8-19-16(15)13-5-6-13/h9,13,15-17H,4-8,10H2,1-3H3. The fourth-order valence-corrected chi connectivity index (χ4v) is 3.50. The van der Waals surface area contributed by atoms with E-state index in [4.69, 9.17) is 4.74 Å². The van der Waals surface area contributed by atoms with Crippen LogP contribution < -0.4 is 5.32 Å². The molecule has 1 aliphatic carbocycles. The van der Waals surface area contributed by atoms with Crippen molar-refractivity contribution in [2.45, 2.75) is 65.3 Å². The predicted octanol–water partition coefficient (Wildman–Crippen LogP) is 2.78. The third kappa shape index (κ3) is 2.59. The van der Waals surface area contributed by atoms with Gasteiger partial charge < -0.3 is 14.6 Å². The summed E-state index contributed by atoms with van der Waals surface area (Å²) in [7, 11) is 0. The van der Waals surface area contributed by atoms with Crippen LogP contribution >= 0.6 is 0 Å². The maximum absolute atomic E-state index is 5.89. The van der Waals surface area contributed by atoms with Crippen molar-refractivity contribution in [3.8, 4) is 0 Å². The number of aryl methyl sites for hydroxylation is 1. The molecule has 3 rings (SSSR count). The van der Waals surface area contributed by atoms with E-state index in [0.717, 1.165) is 25.6 Å². The first-order valence-corrected chi connectivity index (χ1v) is 7.71. The summed E-state index contributed by atoms with van der Waals surface area (Å²) in [4.78, 5) is 0. The zero-order valence-electron chi connectivity index (χ0n) is 12.4. The maximum Gasteiger partial charge on any atom is 0.0757 e. The van der Waals surface area contributed by atoms with E-state index >= 15 is 0 Å². The van der Waals surface area contributed by atoms with Gasteiger partial charge in [-0.1, -0.05) is 0 Å². The summed E-state index contributed by atoms with van der Waals surface area (Å²) in [6, 6.07) is 2.89. The molecule has 19 heavy (non-hydrogen) atoms. The van der Waals surface area contributed by atoms with Crippen molar-refractivity contribution in [2.24, 2.45) is 5.92 Å². The van der Waals surface area contributed by atoms with Crippen molar-refractivity contribution in [3.05, 3.63) is 23.0 Å². The molecule has 0 amide bonds. The molecule has 1 saturated heterocycles. The Labute approximate surface area is 116 Å². The van der Waals surface area contributed by atoms with Gasteiger partial charge in [0.25, 0.3) is 0 Å². The van der Waals surface area contributed by atoms with Crippen LogP contribution in [0.1, 0.15) is 43.1 Å². The van der Waals surface area contributed by atoms with Crippen LogP contribution in [-0.2, 0) is 17.8 Å². The van der Waals surface area contributed by atoms with Crippen LogP contribution in [0.4, 0.5) is 0 Å². The Kier molecular flexibility index (Phi) is 3.68. The molecule has 3 nitrogen and oxygen atoms in total. The summed E-state index contributed by atoms with van der Waals surface area (Å²) < 4.78 is 8.28. The van der Waals surface area contributed by atoms with Crippen LogP contribution in [0.15, 0.2) is 6.07 Å². The topological polar surface area (TPSA) is 26.2 Å². The highest BCUT2D eigenvalue weighted by molar-refractivity contribution is 5.26. The molecule has 106 valence electrons. The Morgan fingerprint density at radius 3 is 2.74 bits per heavy atom. The van der Waals surface area contributed by atoms with E-state index in [-0.39, 0.29) is 0 Å². The summed E-state index contributed by atoms with van der Waals surface area (Å²) in [5.41, 5.74) is 4.23. The molecule has 0 radical (unpaired) electrons. The van der Waals surface area contributed by atoms with Gasteiger partial charge >= 0.3 is 0 Å². The lowest BCUT2D eigenvalue weighted by Gasteiger charge is -2.19. The second-order valence-corrected chi connectivity index (χ2v) is 6.09. The van der Waals surface area contributed by atoms with E-state index in [9.17, 15) is 0 Å². The number of hydrogen-bond donors (Lipinski definition) is 1. The molecule has 0 aromatic carbocycles. The first-order valence-electron chi connectivity index (χ1n) is 7.71. The van der Waals surface area contributed by atoms with E-state index in [1.165, 1.54) is 36.2 Å². The molecule has 0 bridgehead atoms. The highest BCUT2D eigenvalue weighted by Gasteiger charge is 2.40. The number of ether oxygens (including phenoxy) is 1. The van der Waals surface area contributed by atoms with Crippen molar-refractivity contribution in [1.29, 1.82) is 0 Å². The lowest BCUT2D eigenvalue weighted by molar-refractivity contribution is 0.0808. The molecule has 2 atom stereocenters. The minimum absolute atomic E-state index is 0.481. The molecule has 1 saturated carbocycles. The average Bonchev–Trinajstić information content (AvgIpc) is 3.07. The SMILES string of the molecule is CCn1c(C)cc(CNC2CCOC2C2CC2)c1C. The van der Waals surface area contributed by atoms with Crippen LogP contribution in [0.25, 0.3) is 0 Å². The van der Waals surface area contributed by atoms with Crippen molar-refractivity contribution in [1.82, 2.24) is 9.88 Å². The molecule has 1 aromatic rings. The first kappa shape index (κ1) is 13.2. The second-order valence-electron chi connectivity index (χ2n) is 6.09. The summed E-state index contributed by atoms with van der Waals surface area (Å²) in [6.07, 6.45) is 4.39. The Balaban J connectivity index is 1.62. The number of nitrogens with zero attached hydrogens (tertiary/aromatic N) is 1. The van der Waals surface area contributed by atoms with Crippen LogP contribution in [0.3, 0.4) is 0 Å². The molecule has 2 unspecified atom stereocenters. The minimum Gasteiger partial charge on any atom is -0.376 e. The van der Waals surface area contributed by atoms with Crippen LogP contribution in [0, 0.1) is 19.8 Å². The quantitative estimate of drug-likeness (QED) is 0.883. The summed E-state index contributed by atoms with van der Waals surface area (Å²) in [6.45, 7) is 9.63. The molecule has 1 N–H and O–H groups in total. The zero-order chi connectivity index (χ0) is 13.4. The molecular formula is C16H26N2O. The fraction of sp³-hybridized carbons (Fsp3) is 0.750. The van der Waals surface area contributed by atoms with Crippen LogP contribution in [0.5, 0.6) is 0 Å². The molecule has 3 heteroatoms. The molecule has 0 spiro atoms. The van der Waals surface area contributed by atoms with Gasteiger partial charge in [-0.25, -0.2) is 0 Å². The third-order valence-corrected chi connectivity index (χ3v) is 4.77. The molecule has 2 fully saturated rings. The van der Waals surface area contributed by atoms with Gasteiger partial charge in [-0.15, -0.1) is 0 Å². The minimum atomic E-state index is 0.481. The van der Waals surface area contributed by atoms with E-state index in [1.807, 2.05) is 0 Å². The number of rotatable bonds is 5. The van der Waals surface area contributed by atoms with Gasteiger partial charge in [0.05, 0.1) is 6.10 Å². The average molecular weight is 262 g/mol. The van der Waals surface area contributed by atoms with Gasteiger partial charge in [-0.3, -0.25) is 0 Å². The number of hydrogen-bond acceptors (Lipinski definition) is 2. The summed E-state index contributed by atoms with van der Waals surface area (Å²) in [5.74, 6) is 0.836. The smallest absolute Gasteiger partial charge is 0.0757 e. The van der Waals surface area contributed by atoms with Gasteiger partial charge in [-0.05, 0) is 57.6 Å². The third-order valence-electron chi connectivity index (χ3n) is 4.77. The highest BCUT2D eigenvalue weighted by Crippen LogP contribution is 2.38. The van der Waals surface area contributed by atoms with Gasteiger partial charge in [0.15, 0.2) is 0 Å². The zero-order valence-corrected chi connectivity index (χ0v) is 12.4. The van der Waals surface area contributed by atoms with Crippen molar-refractivity contribution >= 4 is 0 Å². The van der Waals surface area contributed by atoms with Crippen LogP contribution in [-0.4, -0.2) is 23.3 Å². The second kappa shape index (κ2) is 5.29.